The van der Waals surface area contributed by atoms with Crippen LogP contribution in [0.2, 0.25) is 0 Å². The van der Waals surface area contributed by atoms with E-state index in [4.69, 9.17) is 10.6 Å². The molecule has 0 aliphatic rings. The monoisotopic (exact) mass is 212 g/mol. The topological polar surface area (TPSA) is 61.1 Å². The van der Waals surface area contributed by atoms with Crippen LogP contribution in [0.4, 0.5) is 0 Å². The minimum absolute atomic E-state index is 0. The van der Waals surface area contributed by atoms with E-state index in [1.165, 1.54) is 0 Å². The van der Waals surface area contributed by atoms with Crippen LogP contribution in [0.25, 0.3) is 5.73 Å². The molecule has 0 fully saturated rings. The fourth-order valence-electron chi connectivity index (χ4n) is 0.681. The van der Waals surface area contributed by atoms with Gasteiger partial charge in [0.2, 0.25) is 7.37 Å². The summed E-state index contributed by atoms with van der Waals surface area (Å²) in [4.78, 5) is 9.10. The first kappa shape index (κ1) is 14.4. The van der Waals surface area contributed by atoms with Crippen LogP contribution in [0.5, 0.6) is 0 Å². The molecule has 0 radical (unpaired) electrons. The van der Waals surface area contributed by atoms with E-state index in [0.29, 0.717) is 12.3 Å². The summed E-state index contributed by atoms with van der Waals surface area (Å²) >= 11 is 0. The number of hydrogen-bond acceptors (Lipinski definition) is 1. The summed E-state index contributed by atoms with van der Waals surface area (Å²) in [7, 11) is -2.87. The Morgan fingerprint density at radius 1 is 1.64 bits per heavy atom. The van der Waals surface area contributed by atoms with Crippen molar-refractivity contribution in [1.82, 2.24) is 0 Å². The molecule has 3 nitrogen and oxygen atoms in total. The van der Waals surface area contributed by atoms with Gasteiger partial charge < -0.3 is 10.6 Å². The summed E-state index contributed by atoms with van der Waals surface area (Å²) in [5, 5.41) is 0. The maximum absolute atomic E-state index is 11.0. The Bertz CT molecular complexity index is 143. The van der Waals surface area contributed by atoms with Gasteiger partial charge in [0.15, 0.2) is 0 Å². The van der Waals surface area contributed by atoms with Gasteiger partial charge in [0.25, 0.3) is 0 Å². The maximum Gasteiger partial charge on any atom is 0.200 e. The average molecular weight is 212 g/mol. The molecule has 0 rings (SSSR count). The zero-order valence-electron chi connectivity index (χ0n) is 7.00. The Morgan fingerprint density at radius 2 is 2.09 bits per heavy atom. The van der Waals surface area contributed by atoms with E-state index in [1.807, 2.05) is 6.92 Å². The van der Waals surface area contributed by atoms with Crippen molar-refractivity contribution in [2.45, 2.75) is 13.8 Å². The van der Waals surface area contributed by atoms with Gasteiger partial charge in [-0.05, 0) is 0 Å². The smallest absolute Gasteiger partial charge is 0.200 e. The number of nitrogens with one attached hydrogen (secondary N) is 1. The normalized spacial score (nSPS) is 18.2. The number of rotatable bonds is 4. The van der Waals surface area contributed by atoms with Crippen LogP contribution < -0.4 is 0 Å². The summed E-state index contributed by atoms with van der Waals surface area (Å²) < 4.78 is 11.0. The molecule has 0 saturated heterocycles. The molecule has 11 heavy (non-hydrogen) atoms. The van der Waals surface area contributed by atoms with Crippen molar-refractivity contribution in [2.24, 2.45) is 5.92 Å². The van der Waals surface area contributed by atoms with Crippen LogP contribution in [0.1, 0.15) is 13.8 Å². The van der Waals surface area contributed by atoms with Gasteiger partial charge in [-0.2, -0.15) is 0 Å². The van der Waals surface area contributed by atoms with Crippen LogP contribution >= 0.6 is 7.37 Å². The summed E-state index contributed by atoms with van der Waals surface area (Å²) in [6.45, 7) is 3.77. The van der Waals surface area contributed by atoms with Crippen molar-refractivity contribution in [2.75, 3.05) is 18.9 Å². The van der Waals surface area contributed by atoms with Gasteiger partial charge in [-0.15, -0.1) is 6.54 Å². The molecule has 66 valence electrons. The van der Waals surface area contributed by atoms with Crippen LogP contribution in [0.3, 0.4) is 0 Å². The largest absolute Gasteiger partial charge is 0.677 e. The van der Waals surface area contributed by atoms with Gasteiger partial charge in [0, 0.05) is 34.0 Å². The van der Waals surface area contributed by atoms with Crippen molar-refractivity contribution in [1.29, 1.82) is 0 Å². The molecule has 2 unspecified atom stereocenters. The van der Waals surface area contributed by atoms with Crippen molar-refractivity contribution in [3.8, 4) is 0 Å². The third kappa shape index (κ3) is 7.23. The van der Waals surface area contributed by atoms with Gasteiger partial charge in [-0.25, -0.2) is 0 Å². The minimum Gasteiger partial charge on any atom is -0.677 e. The first-order valence-electron chi connectivity index (χ1n) is 3.47. The van der Waals surface area contributed by atoms with E-state index in [2.05, 4.69) is 0 Å². The van der Waals surface area contributed by atoms with Gasteiger partial charge in [-0.3, -0.25) is 4.57 Å². The average Bonchev–Trinajstić information content (AvgIpc) is 1.87. The Balaban J connectivity index is 0. The summed E-state index contributed by atoms with van der Waals surface area (Å²) in [5.41, 5.74) is 6.93. The molecule has 0 aromatic rings. The van der Waals surface area contributed by atoms with Gasteiger partial charge in [0.05, 0.1) is 0 Å². The minimum atomic E-state index is -2.87. The quantitative estimate of drug-likeness (QED) is 0.571. The third-order valence-corrected chi connectivity index (χ3v) is 3.62. The third-order valence-electron chi connectivity index (χ3n) is 1.44. The van der Waals surface area contributed by atoms with E-state index in [0.717, 1.165) is 0 Å². The molecule has 2 atom stereocenters. The fraction of sp³-hybridized carbons (Fsp3) is 1.00. The Morgan fingerprint density at radius 3 is 2.36 bits per heavy atom. The molecule has 0 aliphatic heterocycles. The first-order valence-corrected chi connectivity index (χ1v) is 5.50. The molecule has 0 bridgehead atoms. The van der Waals surface area contributed by atoms with Crippen LogP contribution in [-0.2, 0) is 26.3 Å². The molecule has 0 spiro atoms. The molecular weight excluding hydrogens is 197 g/mol. The summed E-state index contributed by atoms with van der Waals surface area (Å²) in [5.74, 6) is 0.0517. The molecule has 0 saturated carbocycles. The van der Waals surface area contributed by atoms with Crippen LogP contribution in [0.15, 0.2) is 0 Å². The van der Waals surface area contributed by atoms with E-state index in [1.54, 1.807) is 6.92 Å². The second kappa shape index (κ2) is 6.39. The zero-order valence-corrected chi connectivity index (χ0v) is 9.46. The molecule has 0 amide bonds. The Kier molecular flexibility index (Phi) is 8.36. The van der Waals surface area contributed by atoms with E-state index >= 15 is 0 Å². The fourth-order valence-corrected chi connectivity index (χ4v) is 2.04. The predicted molar refractivity (Wildman–Crippen MR) is 43.6 cm³/mol. The van der Waals surface area contributed by atoms with E-state index < -0.39 is 7.37 Å². The summed E-state index contributed by atoms with van der Waals surface area (Å²) in [6, 6.07) is 0. The van der Waals surface area contributed by atoms with Crippen LogP contribution in [0, 0.1) is 5.92 Å². The van der Waals surface area contributed by atoms with Gasteiger partial charge in [0.1, 0.15) is 0 Å². The molecule has 0 heterocycles. The maximum atomic E-state index is 11.0. The van der Waals surface area contributed by atoms with E-state index in [-0.39, 0.29) is 34.2 Å². The second-order valence-electron chi connectivity index (χ2n) is 2.65. The number of hydrogen-bond donors (Lipinski definition) is 1. The zero-order chi connectivity index (χ0) is 8.20. The Hall–Kier alpha value is 0.864. The molecule has 0 aliphatic carbocycles. The van der Waals surface area contributed by atoms with Crippen molar-refractivity contribution >= 4 is 7.37 Å². The van der Waals surface area contributed by atoms with Crippen molar-refractivity contribution in [3.63, 3.8) is 0 Å². The second-order valence-corrected chi connectivity index (χ2v) is 5.34. The predicted octanol–water partition coefficient (Wildman–Crippen LogP) is 1.96. The SMILES string of the molecule is CCP(=O)(O)CC(C)C[NH-].[Ti]. The van der Waals surface area contributed by atoms with E-state index in [9.17, 15) is 4.57 Å². The van der Waals surface area contributed by atoms with Crippen molar-refractivity contribution < 1.29 is 31.2 Å². The van der Waals surface area contributed by atoms with Gasteiger partial charge >= 0.3 is 0 Å². The summed E-state index contributed by atoms with van der Waals surface area (Å²) in [6.07, 6.45) is 0.629. The first-order chi connectivity index (χ1) is 4.52. The standard InChI is InChI=1S/C6H15NO2P.Ti/c1-3-10(8,9)5-6(2)4-7;/h6-7H,3-5H2,1-2H3,(H,8,9);/q-1;. The van der Waals surface area contributed by atoms with Crippen LogP contribution in [-0.4, -0.2) is 23.8 Å². The molecular formula is C6H15NO2PTi-. The molecule has 0 aromatic carbocycles. The Labute approximate surface area is 83.1 Å². The van der Waals surface area contributed by atoms with Crippen molar-refractivity contribution in [3.05, 3.63) is 5.73 Å². The van der Waals surface area contributed by atoms with Gasteiger partial charge in [-0.1, -0.05) is 19.8 Å². The molecule has 2 N–H and O–H groups in total. The molecule has 0 aromatic heterocycles. The molecule has 5 heteroatoms.